The Bertz CT molecular complexity index is 369. The van der Waals surface area contributed by atoms with E-state index >= 15 is 0 Å². The Balaban J connectivity index is 2.69. The fourth-order valence-electron chi connectivity index (χ4n) is 1.28. The van der Waals surface area contributed by atoms with Gasteiger partial charge >= 0.3 is 0 Å². The maximum atomic E-state index is 11.5. The molecule has 0 fully saturated rings. The summed E-state index contributed by atoms with van der Waals surface area (Å²) in [6.45, 7) is 2.08. The quantitative estimate of drug-likeness (QED) is 0.755. The first-order valence-corrected chi connectivity index (χ1v) is 5.37. The highest BCUT2D eigenvalue weighted by atomic mass is 35.5. The third-order valence-corrected chi connectivity index (χ3v) is 2.29. The van der Waals surface area contributed by atoms with E-state index in [-0.39, 0.29) is 5.91 Å². The van der Waals surface area contributed by atoms with Crippen LogP contribution in [-0.4, -0.2) is 35.3 Å². The molecular formula is C11H15ClN2O2. The van der Waals surface area contributed by atoms with E-state index in [1.807, 2.05) is 12.1 Å². The second kappa shape index (κ2) is 5.70. The van der Waals surface area contributed by atoms with Crippen molar-refractivity contribution in [3.05, 3.63) is 23.9 Å². The summed E-state index contributed by atoms with van der Waals surface area (Å²) < 4.78 is 5.00. The first kappa shape index (κ1) is 12.8. The van der Waals surface area contributed by atoms with Crippen LogP contribution in [0.4, 0.5) is 0 Å². The number of hydrogen-bond donors (Lipinski definition) is 0. The van der Waals surface area contributed by atoms with Gasteiger partial charge in [-0.1, -0.05) is 6.07 Å². The lowest BCUT2D eigenvalue weighted by Crippen LogP contribution is -2.31. The van der Waals surface area contributed by atoms with Crippen LogP contribution in [0.5, 0.6) is 5.88 Å². The second-order valence-electron chi connectivity index (χ2n) is 3.48. The highest BCUT2D eigenvalue weighted by Crippen LogP contribution is 2.09. The summed E-state index contributed by atoms with van der Waals surface area (Å²) in [7, 11) is 3.25. The van der Waals surface area contributed by atoms with Gasteiger partial charge < -0.3 is 9.64 Å². The molecule has 0 N–H and O–H groups in total. The van der Waals surface area contributed by atoms with Gasteiger partial charge in [-0.3, -0.25) is 4.79 Å². The van der Waals surface area contributed by atoms with E-state index in [0.29, 0.717) is 12.4 Å². The monoisotopic (exact) mass is 242 g/mol. The second-order valence-corrected chi connectivity index (χ2v) is 4.14. The molecule has 0 aliphatic rings. The number of hydrogen-bond acceptors (Lipinski definition) is 3. The van der Waals surface area contributed by atoms with Crippen molar-refractivity contribution in [3.63, 3.8) is 0 Å². The Hall–Kier alpha value is -1.29. The number of pyridine rings is 1. The molecule has 1 rings (SSSR count). The molecule has 1 amide bonds. The van der Waals surface area contributed by atoms with Gasteiger partial charge in [-0.15, -0.1) is 11.6 Å². The molecule has 0 aromatic carbocycles. The Morgan fingerprint density at radius 1 is 1.62 bits per heavy atom. The van der Waals surface area contributed by atoms with Gasteiger partial charge in [-0.2, -0.15) is 0 Å². The summed E-state index contributed by atoms with van der Waals surface area (Å²) in [5, 5.41) is -0.518. The van der Waals surface area contributed by atoms with Gasteiger partial charge in [0.25, 0.3) is 0 Å². The van der Waals surface area contributed by atoms with Gasteiger partial charge in [0.1, 0.15) is 5.38 Å². The number of carbonyl (C=O) groups excluding carboxylic acids is 1. The lowest BCUT2D eigenvalue weighted by Gasteiger charge is -2.18. The molecule has 0 bridgehead atoms. The van der Waals surface area contributed by atoms with E-state index in [9.17, 15) is 4.79 Å². The molecule has 0 saturated carbocycles. The van der Waals surface area contributed by atoms with Crippen LogP contribution in [-0.2, 0) is 11.3 Å². The molecule has 1 aromatic rings. The van der Waals surface area contributed by atoms with Crippen LogP contribution in [0.1, 0.15) is 12.6 Å². The van der Waals surface area contributed by atoms with Crippen molar-refractivity contribution in [1.29, 1.82) is 0 Å². The topological polar surface area (TPSA) is 42.4 Å². The minimum Gasteiger partial charge on any atom is -0.481 e. The molecule has 0 aliphatic carbocycles. The molecule has 1 heterocycles. The highest BCUT2D eigenvalue weighted by Gasteiger charge is 2.15. The Labute approximate surface area is 100 Å². The Morgan fingerprint density at radius 2 is 2.31 bits per heavy atom. The van der Waals surface area contributed by atoms with Crippen LogP contribution in [0, 0.1) is 0 Å². The fraction of sp³-hybridized carbons (Fsp3) is 0.455. The average molecular weight is 243 g/mol. The SMILES string of the molecule is COc1cccc(CN(C)C(=O)C(C)Cl)n1. The van der Waals surface area contributed by atoms with Crippen molar-refractivity contribution in [2.45, 2.75) is 18.8 Å². The zero-order chi connectivity index (χ0) is 12.1. The van der Waals surface area contributed by atoms with Crippen LogP contribution in [0.2, 0.25) is 0 Å². The van der Waals surface area contributed by atoms with E-state index in [1.165, 1.54) is 0 Å². The minimum atomic E-state index is -0.518. The van der Waals surface area contributed by atoms with E-state index < -0.39 is 5.38 Å². The van der Waals surface area contributed by atoms with Crippen molar-refractivity contribution >= 4 is 17.5 Å². The summed E-state index contributed by atoms with van der Waals surface area (Å²) >= 11 is 5.71. The van der Waals surface area contributed by atoms with Crippen molar-refractivity contribution in [1.82, 2.24) is 9.88 Å². The number of ether oxygens (including phenoxy) is 1. The number of aromatic nitrogens is 1. The molecule has 1 atom stereocenters. The first-order chi connectivity index (χ1) is 7.54. The van der Waals surface area contributed by atoms with Crippen molar-refractivity contribution < 1.29 is 9.53 Å². The normalized spacial score (nSPS) is 12.0. The summed E-state index contributed by atoms with van der Waals surface area (Å²) in [5.74, 6) is 0.420. The van der Waals surface area contributed by atoms with Gasteiger partial charge in [0.2, 0.25) is 11.8 Å². The third kappa shape index (κ3) is 3.38. The number of halogens is 1. The number of alkyl halides is 1. The molecule has 1 aromatic heterocycles. The summed E-state index contributed by atoms with van der Waals surface area (Å²) in [4.78, 5) is 17.3. The minimum absolute atomic E-state index is 0.119. The number of rotatable bonds is 4. The molecule has 0 aliphatic heterocycles. The molecule has 5 heteroatoms. The predicted molar refractivity (Wildman–Crippen MR) is 62.6 cm³/mol. The van der Waals surface area contributed by atoms with Crippen LogP contribution < -0.4 is 4.74 Å². The summed E-state index contributed by atoms with van der Waals surface area (Å²) in [6.07, 6.45) is 0. The number of amides is 1. The van der Waals surface area contributed by atoms with Gasteiger partial charge in [0.05, 0.1) is 19.3 Å². The van der Waals surface area contributed by atoms with Crippen molar-refractivity contribution in [3.8, 4) is 5.88 Å². The lowest BCUT2D eigenvalue weighted by atomic mass is 10.3. The maximum absolute atomic E-state index is 11.5. The van der Waals surface area contributed by atoms with Gasteiger partial charge in [0.15, 0.2) is 0 Å². The maximum Gasteiger partial charge on any atom is 0.240 e. The number of methoxy groups -OCH3 is 1. The molecule has 16 heavy (non-hydrogen) atoms. The largest absolute Gasteiger partial charge is 0.481 e. The van der Waals surface area contributed by atoms with Crippen LogP contribution >= 0.6 is 11.6 Å². The summed E-state index contributed by atoms with van der Waals surface area (Å²) in [6, 6.07) is 5.43. The molecule has 0 saturated heterocycles. The molecule has 88 valence electrons. The number of nitrogens with zero attached hydrogens (tertiary/aromatic N) is 2. The summed E-state index contributed by atoms with van der Waals surface area (Å²) in [5.41, 5.74) is 0.771. The lowest BCUT2D eigenvalue weighted by molar-refractivity contribution is -0.129. The standard InChI is InChI=1S/C11H15ClN2O2/c1-8(12)11(15)14(2)7-9-5-4-6-10(13-9)16-3/h4-6,8H,7H2,1-3H3. The van der Waals surface area contributed by atoms with Gasteiger partial charge in [-0.25, -0.2) is 4.98 Å². The van der Waals surface area contributed by atoms with E-state index in [0.717, 1.165) is 5.69 Å². The smallest absolute Gasteiger partial charge is 0.240 e. The van der Waals surface area contributed by atoms with Crippen molar-refractivity contribution in [2.24, 2.45) is 0 Å². The van der Waals surface area contributed by atoms with Crippen LogP contribution in [0.25, 0.3) is 0 Å². The number of carbonyl (C=O) groups is 1. The Morgan fingerprint density at radius 3 is 2.88 bits per heavy atom. The van der Waals surface area contributed by atoms with Crippen molar-refractivity contribution in [2.75, 3.05) is 14.2 Å². The third-order valence-electron chi connectivity index (χ3n) is 2.11. The molecule has 1 unspecified atom stereocenters. The van der Waals surface area contributed by atoms with Crippen LogP contribution in [0.3, 0.4) is 0 Å². The molecule has 0 spiro atoms. The van der Waals surface area contributed by atoms with Gasteiger partial charge in [0, 0.05) is 13.1 Å². The fourth-order valence-corrected chi connectivity index (χ4v) is 1.45. The van der Waals surface area contributed by atoms with E-state index in [2.05, 4.69) is 4.98 Å². The molecule has 4 nitrogen and oxygen atoms in total. The van der Waals surface area contributed by atoms with Crippen LogP contribution in [0.15, 0.2) is 18.2 Å². The molecular weight excluding hydrogens is 228 g/mol. The zero-order valence-corrected chi connectivity index (χ0v) is 10.4. The molecule has 0 radical (unpaired) electrons. The van der Waals surface area contributed by atoms with E-state index in [1.54, 1.807) is 32.0 Å². The Kier molecular flexibility index (Phi) is 4.55. The average Bonchev–Trinajstić information content (AvgIpc) is 2.28. The first-order valence-electron chi connectivity index (χ1n) is 4.93. The zero-order valence-electron chi connectivity index (χ0n) is 9.61. The van der Waals surface area contributed by atoms with E-state index in [4.69, 9.17) is 16.3 Å². The highest BCUT2D eigenvalue weighted by molar-refractivity contribution is 6.30. The van der Waals surface area contributed by atoms with Gasteiger partial charge in [-0.05, 0) is 13.0 Å². The predicted octanol–water partition coefficient (Wildman–Crippen LogP) is 1.68.